The SMILES string of the molecule is CO[C@H]1CN(C(=O)CCSc2nnc(-c3ccncc3)o2)C[C@H]1Cc1cc(C)no1. The van der Waals surface area contributed by atoms with Crippen molar-refractivity contribution in [2.45, 2.75) is 31.1 Å². The van der Waals surface area contributed by atoms with Crippen molar-refractivity contribution >= 4 is 17.7 Å². The first kappa shape index (κ1) is 20.5. The molecule has 1 aliphatic heterocycles. The zero-order chi connectivity index (χ0) is 20.9. The molecule has 9 nitrogen and oxygen atoms in total. The number of ether oxygens (including phenoxy) is 1. The number of carbonyl (C=O) groups is 1. The molecule has 1 aliphatic rings. The van der Waals surface area contributed by atoms with Crippen molar-refractivity contribution in [1.29, 1.82) is 0 Å². The van der Waals surface area contributed by atoms with Crippen LogP contribution in [0.25, 0.3) is 11.5 Å². The minimum Gasteiger partial charge on any atom is -0.411 e. The number of hydrogen-bond acceptors (Lipinski definition) is 9. The molecular formula is C20H23N5O4S. The average Bonchev–Trinajstić information content (AvgIpc) is 3.49. The van der Waals surface area contributed by atoms with E-state index in [4.69, 9.17) is 13.7 Å². The summed E-state index contributed by atoms with van der Waals surface area (Å²) < 4.78 is 16.6. The van der Waals surface area contributed by atoms with E-state index in [1.165, 1.54) is 11.8 Å². The highest BCUT2D eigenvalue weighted by Crippen LogP contribution is 2.26. The Balaban J connectivity index is 1.26. The molecular weight excluding hydrogens is 406 g/mol. The molecule has 0 bridgehead atoms. The topological polar surface area (TPSA) is 107 Å². The Kier molecular flexibility index (Phi) is 6.44. The van der Waals surface area contributed by atoms with E-state index < -0.39 is 0 Å². The lowest BCUT2D eigenvalue weighted by Crippen LogP contribution is -2.30. The molecule has 0 aliphatic carbocycles. The van der Waals surface area contributed by atoms with Gasteiger partial charge in [0.05, 0.1) is 11.8 Å². The van der Waals surface area contributed by atoms with Crippen LogP contribution in [0.2, 0.25) is 0 Å². The van der Waals surface area contributed by atoms with Crippen molar-refractivity contribution in [2.75, 3.05) is 26.0 Å². The molecule has 0 radical (unpaired) electrons. The fourth-order valence-corrected chi connectivity index (χ4v) is 4.23. The zero-order valence-electron chi connectivity index (χ0n) is 16.9. The van der Waals surface area contributed by atoms with Crippen LogP contribution in [0.5, 0.6) is 0 Å². The molecule has 3 aromatic rings. The summed E-state index contributed by atoms with van der Waals surface area (Å²) in [4.78, 5) is 18.5. The highest BCUT2D eigenvalue weighted by Gasteiger charge is 2.35. The maximum Gasteiger partial charge on any atom is 0.276 e. The van der Waals surface area contributed by atoms with Gasteiger partial charge in [0.25, 0.3) is 5.22 Å². The van der Waals surface area contributed by atoms with Crippen LogP contribution < -0.4 is 0 Å². The second kappa shape index (κ2) is 9.40. The molecule has 0 saturated carbocycles. The van der Waals surface area contributed by atoms with E-state index >= 15 is 0 Å². The van der Waals surface area contributed by atoms with E-state index in [1.54, 1.807) is 19.5 Å². The summed E-state index contributed by atoms with van der Waals surface area (Å²) in [7, 11) is 1.68. The first-order valence-corrected chi connectivity index (χ1v) is 10.7. The van der Waals surface area contributed by atoms with Crippen LogP contribution in [0.15, 0.2) is 44.8 Å². The van der Waals surface area contributed by atoms with E-state index in [2.05, 4.69) is 20.3 Å². The van der Waals surface area contributed by atoms with Gasteiger partial charge in [-0.3, -0.25) is 9.78 Å². The number of carbonyl (C=O) groups excluding carboxylic acids is 1. The third kappa shape index (κ3) is 4.88. The number of rotatable bonds is 8. The maximum absolute atomic E-state index is 12.7. The van der Waals surface area contributed by atoms with Crippen molar-refractivity contribution in [3.8, 4) is 11.5 Å². The van der Waals surface area contributed by atoms with Crippen molar-refractivity contribution in [1.82, 2.24) is 25.2 Å². The maximum atomic E-state index is 12.7. The number of nitrogens with zero attached hydrogens (tertiary/aromatic N) is 5. The Labute approximate surface area is 178 Å². The molecule has 0 aromatic carbocycles. The summed E-state index contributed by atoms with van der Waals surface area (Å²) in [5.41, 5.74) is 1.67. The lowest BCUT2D eigenvalue weighted by atomic mass is 10.0. The van der Waals surface area contributed by atoms with Gasteiger partial charge < -0.3 is 18.6 Å². The van der Waals surface area contributed by atoms with Gasteiger partial charge in [-0.05, 0) is 19.1 Å². The number of aryl methyl sites for hydroxylation is 1. The van der Waals surface area contributed by atoms with Crippen LogP contribution in [0.1, 0.15) is 17.9 Å². The van der Waals surface area contributed by atoms with Crippen molar-refractivity contribution in [2.24, 2.45) is 5.92 Å². The summed E-state index contributed by atoms with van der Waals surface area (Å²) in [5.74, 6) is 2.12. The van der Waals surface area contributed by atoms with Gasteiger partial charge in [0.2, 0.25) is 11.8 Å². The second-order valence-electron chi connectivity index (χ2n) is 7.18. The molecule has 0 unspecified atom stereocenters. The van der Waals surface area contributed by atoms with Crippen LogP contribution in [-0.2, 0) is 16.0 Å². The van der Waals surface area contributed by atoms with Crippen LogP contribution in [0.3, 0.4) is 0 Å². The molecule has 0 N–H and O–H groups in total. The fraction of sp³-hybridized carbons (Fsp3) is 0.450. The van der Waals surface area contributed by atoms with Crippen molar-refractivity contribution < 1.29 is 18.5 Å². The van der Waals surface area contributed by atoms with Gasteiger partial charge >= 0.3 is 0 Å². The summed E-state index contributed by atoms with van der Waals surface area (Å²) in [6.45, 7) is 3.13. The predicted octanol–water partition coefficient (Wildman–Crippen LogP) is 2.63. The number of hydrogen-bond donors (Lipinski definition) is 0. The largest absolute Gasteiger partial charge is 0.411 e. The smallest absolute Gasteiger partial charge is 0.276 e. The third-order valence-electron chi connectivity index (χ3n) is 5.05. The molecule has 1 saturated heterocycles. The van der Waals surface area contributed by atoms with Crippen LogP contribution in [0, 0.1) is 12.8 Å². The average molecular weight is 430 g/mol. The molecule has 2 atom stereocenters. The van der Waals surface area contributed by atoms with Crippen molar-refractivity contribution in [3.63, 3.8) is 0 Å². The highest BCUT2D eigenvalue weighted by molar-refractivity contribution is 7.99. The predicted molar refractivity (Wildman–Crippen MR) is 109 cm³/mol. The zero-order valence-corrected chi connectivity index (χ0v) is 17.7. The first-order chi connectivity index (χ1) is 14.6. The summed E-state index contributed by atoms with van der Waals surface area (Å²) in [6, 6.07) is 5.54. The van der Waals surface area contributed by atoms with E-state index in [9.17, 15) is 4.79 Å². The van der Waals surface area contributed by atoms with E-state index in [-0.39, 0.29) is 17.9 Å². The van der Waals surface area contributed by atoms with Gasteiger partial charge in [0.1, 0.15) is 5.76 Å². The normalized spacial score (nSPS) is 18.8. The quantitative estimate of drug-likeness (QED) is 0.499. The molecule has 3 aromatic heterocycles. The Morgan fingerprint density at radius 1 is 1.30 bits per heavy atom. The second-order valence-corrected chi connectivity index (χ2v) is 8.23. The van der Waals surface area contributed by atoms with E-state index in [0.717, 1.165) is 17.0 Å². The lowest BCUT2D eigenvalue weighted by molar-refractivity contribution is -0.130. The van der Waals surface area contributed by atoms with Gasteiger partial charge in [0.15, 0.2) is 0 Å². The fourth-order valence-electron chi connectivity index (χ4n) is 3.54. The number of aromatic nitrogens is 4. The highest BCUT2D eigenvalue weighted by atomic mass is 32.2. The van der Waals surface area contributed by atoms with Crippen molar-refractivity contribution in [3.05, 3.63) is 42.0 Å². The molecule has 4 heterocycles. The Bertz CT molecular complexity index is 977. The molecule has 158 valence electrons. The number of likely N-dealkylation sites (tertiary alicyclic amines) is 1. The Morgan fingerprint density at radius 2 is 2.13 bits per heavy atom. The number of amides is 1. The summed E-state index contributed by atoms with van der Waals surface area (Å²) in [5, 5.41) is 12.5. The first-order valence-electron chi connectivity index (χ1n) is 9.72. The minimum absolute atomic E-state index is 0.00845. The minimum atomic E-state index is -0.00845. The molecule has 1 amide bonds. The Morgan fingerprint density at radius 3 is 2.87 bits per heavy atom. The summed E-state index contributed by atoms with van der Waals surface area (Å²) >= 11 is 1.38. The van der Waals surface area contributed by atoms with Gasteiger partial charge in [-0.25, -0.2) is 0 Å². The van der Waals surface area contributed by atoms with Gasteiger partial charge in [-0.1, -0.05) is 16.9 Å². The van der Waals surface area contributed by atoms with E-state index in [0.29, 0.717) is 42.8 Å². The molecule has 0 spiro atoms. The molecule has 10 heteroatoms. The molecule has 1 fully saturated rings. The van der Waals surface area contributed by atoms with Gasteiger partial charge in [-0.2, -0.15) is 0 Å². The molecule has 4 rings (SSSR count). The number of methoxy groups -OCH3 is 1. The summed E-state index contributed by atoms with van der Waals surface area (Å²) in [6.07, 6.45) is 4.43. The Hall–Kier alpha value is -2.72. The standard InChI is InChI=1S/C20H23N5O4S/c1-13-9-16(29-24-13)10-15-11-25(12-17(15)27-2)18(26)5-8-30-20-23-22-19(28-20)14-3-6-21-7-4-14/h3-4,6-7,9,15,17H,5,8,10-12H2,1-2H3/t15-,17+/m1/s1. The molecule has 30 heavy (non-hydrogen) atoms. The van der Waals surface area contributed by atoms with Crippen LogP contribution >= 0.6 is 11.8 Å². The van der Waals surface area contributed by atoms with Crippen LogP contribution in [-0.4, -0.2) is 63.2 Å². The van der Waals surface area contributed by atoms with E-state index in [1.807, 2.05) is 30.0 Å². The number of thioether (sulfide) groups is 1. The van der Waals surface area contributed by atoms with Gasteiger partial charge in [-0.15, -0.1) is 10.2 Å². The third-order valence-corrected chi connectivity index (χ3v) is 5.87. The van der Waals surface area contributed by atoms with Gasteiger partial charge in [0, 0.05) is 68.7 Å². The van der Waals surface area contributed by atoms with Crippen LogP contribution in [0.4, 0.5) is 0 Å². The monoisotopic (exact) mass is 429 g/mol. The lowest BCUT2D eigenvalue weighted by Gasteiger charge is -2.15. The number of pyridine rings is 1.